The zero-order chi connectivity index (χ0) is 17.9. The van der Waals surface area contributed by atoms with Gasteiger partial charge in [0.15, 0.2) is 6.61 Å². The number of nitrogens with zero attached hydrogens (tertiary/aromatic N) is 1. The Morgan fingerprint density at radius 3 is 2.79 bits per heavy atom. The third kappa shape index (κ3) is 4.72. The van der Waals surface area contributed by atoms with Gasteiger partial charge in [-0.25, -0.2) is 4.79 Å². The zero-order valence-corrected chi connectivity index (χ0v) is 15.5. The van der Waals surface area contributed by atoms with Crippen LogP contribution in [0.5, 0.6) is 5.75 Å². The molecule has 24 heavy (non-hydrogen) atoms. The standard InChI is InChI=1S/C16H16ClNO4S2/c1-9(2)7-18-15(21)13(24-16(18)23)6-10-3-4-12(11(17)5-10)22-8-14(19)20/h3-6,9H,7-8H2,1-2H3,(H,19,20)/b13-6-. The van der Waals surface area contributed by atoms with Gasteiger partial charge < -0.3 is 9.84 Å². The van der Waals surface area contributed by atoms with Gasteiger partial charge in [-0.15, -0.1) is 0 Å². The van der Waals surface area contributed by atoms with Gasteiger partial charge in [-0.1, -0.05) is 55.5 Å². The van der Waals surface area contributed by atoms with Crippen molar-refractivity contribution < 1.29 is 19.4 Å². The Kier molecular flexibility index (Phi) is 6.26. The van der Waals surface area contributed by atoms with Crippen LogP contribution in [-0.2, 0) is 9.59 Å². The van der Waals surface area contributed by atoms with Gasteiger partial charge >= 0.3 is 5.97 Å². The number of carboxylic acid groups (broad SMARTS) is 1. The number of thioether (sulfide) groups is 1. The maximum Gasteiger partial charge on any atom is 0.341 e. The number of carbonyl (C=O) groups excluding carboxylic acids is 1. The van der Waals surface area contributed by atoms with E-state index in [9.17, 15) is 9.59 Å². The summed E-state index contributed by atoms with van der Waals surface area (Å²) in [5, 5.41) is 8.90. The minimum absolute atomic E-state index is 0.110. The number of hydrogen-bond acceptors (Lipinski definition) is 5. The van der Waals surface area contributed by atoms with Gasteiger partial charge in [0.1, 0.15) is 10.1 Å². The second kappa shape index (κ2) is 8.00. The number of carboxylic acids is 1. The molecule has 1 aliphatic rings. The molecule has 1 N–H and O–H groups in total. The van der Waals surface area contributed by atoms with E-state index in [2.05, 4.69) is 0 Å². The summed E-state index contributed by atoms with van der Waals surface area (Å²) < 4.78 is 5.62. The molecule has 1 aromatic rings. The quantitative estimate of drug-likeness (QED) is 0.595. The Labute approximate surface area is 154 Å². The lowest BCUT2D eigenvalue weighted by molar-refractivity contribution is -0.139. The molecular formula is C16H16ClNO4S2. The van der Waals surface area contributed by atoms with E-state index in [0.717, 1.165) is 0 Å². The van der Waals surface area contributed by atoms with Crippen LogP contribution < -0.4 is 4.74 Å². The third-order valence-electron chi connectivity index (χ3n) is 3.03. The van der Waals surface area contributed by atoms with Crippen LogP contribution in [0.1, 0.15) is 19.4 Å². The summed E-state index contributed by atoms with van der Waals surface area (Å²) in [6.07, 6.45) is 1.71. The van der Waals surface area contributed by atoms with Crippen LogP contribution in [0.2, 0.25) is 5.02 Å². The predicted octanol–water partition coefficient (Wildman–Crippen LogP) is 3.66. The summed E-state index contributed by atoms with van der Waals surface area (Å²) >= 11 is 12.6. The average Bonchev–Trinajstić information content (AvgIpc) is 2.73. The lowest BCUT2D eigenvalue weighted by atomic mass is 10.2. The molecule has 0 aliphatic carbocycles. The maximum atomic E-state index is 12.4. The first-order valence-corrected chi connectivity index (χ1v) is 8.77. The smallest absolute Gasteiger partial charge is 0.341 e. The zero-order valence-electron chi connectivity index (χ0n) is 13.1. The molecule has 2 rings (SSSR count). The van der Waals surface area contributed by atoms with Crippen LogP contribution in [0, 0.1) is 5.92 Å². The van der Waals surface area contributed by atoms with Gasteiger partial charge in [-0.2, -0.15) is 0 Å². The van der Waals surface area contributed by atoms with Crippen LogP contribution >= 0.6 is 35.6 Å². The second-order valence-electron chi connectivity index (χ2n) is 5.56. The molecular weight excluding hydrogens is 370 g/mol. The molecule has 128 valence electrons. The number of halogens is 1. The first-order valence-electron chi connectivity index (χ1n) is 7.17. The monoisotopic (exact) mass is 385 g/mol. The van der Waals surface area contributed by atoms with E-state index in [4.69, 9.17) is 33.7 Å². The van der Waals surface area contributed by atoms with Gasteiger partial charge in [-0.3, -0.25) is 9.69 Å². The first kappa shape index (κ1) is 18.8. The molecule has 5 nitrogen and oxygen atoms in total. The van der Waals surface area contributed by atoms with Crippen molar-refractivity contribution in [2.75, 3.05) is 13.2 Å². The molecule has 8 heteroatoms. The molecule has 1 amide bonds. The Morgan fingerprint density at radius 1 is 1.50 bits per heavy atom. The van der Waals surface area contributed by atoms with Crippen molar-refractivity contribution >= 4 is 57.9 Å². The van der Waals surface area contributed by atoms with Crippen LogP contribution in [0.3, 0.4) is 0 Å². The topological polar surface area (TPSA) is 66.8 Å². The number of hydrogen-bond donors (Lipinski definition) is 1. The van der Waals surface area contributed by atoms with Gasteiger partial charge in [0.2, 0.25) is 0 Å². The van der Waals surface area contributed by atoms with Crippen LogP contribution in [0.25, 0.3) is 6.08 Å². The summed E-state index contributed by atoms with van der Waals surface area (Å²) in [7, 11) is 0. The Hall–Kier alpha value is -1.57. The van der Waals surface area contributed by atoms with E-state index in [1.54, 1.807) is 29.2 Å². The summed E-state index contributed by atoms with van der Waals surface area (Å²) in [6, 6.07) is 4.90. The highest BCUT2D eigenvalue weighted by Gasteiger charge is 2.32. The number of amides is 1. The average molecular weight is 386 g/mol. The largest absolute Gasteiger partial charge is 0.480 e. The predicted molar refractivity (Wildman–Crippen MR) is 99.3 cm³/mol. The van der Waals surface area contributed by atoms with Crippen molar-refractivity contribution in [1.82, 2.24) is 4.90 Å². The minimum atomic E-state index is -1.08. The van der Waals surface area contributed by atoms with Gasteiger partial charge in [0.25, 0.3) is 5.91 Å². The van der Waals surface area contributed by atoms with Crippen molar-refractivity contribution in [1.29, 1.82) is 0 Å². The molecule has 1 aliphatic heterocycles. The fourth-order valence-electron chi connectivity index (χ4n) is 2.04. The van der Waals surface area contributed by atoms with Crippen LogP contribution in [-0.4, -0.2) is 39.4 Å². The van der Waals surface area contributed by atoms with E-state index in [0.29, 0.717) is 27.3 Å². The van der Waals surface area contributed by atoms with Gasteiger partial charge in [0, 0.05) is 6.54 Å². The van der Waals surface area contributed by atoms with Crippen LogP contribution in [0.15, 0.2) is 23.1 Å². The molecule has 0 bridgehead atoms. The van der Waals surface area contributed by atoms with Gasteiger partial charge in [0.05, 0.1) is 9.93 Å². The van der Waals surface area contributed by atoms with Crippen molar-refractivity contribution in [2.45, 2.75) is 13.8 Å². The highest BCUT2D eigenvalue weighted by atomic mass is 35.5. The molecule has 1 saturated heterocycles. The fraction of sp³-hybridized carbons (Fsp3) is 0.312. The molecule has 0 atom stereocenters. The number of thiocarbonyl (C=S) groups is 1. The van der Waals surface area contributed by atoms with Crippen molar-refractivity contribution in [3.63, 3.8) is 0 Å². The lowest BCUT2D eigenvalue weighted by Gasteiger charge is -2.16. The molecule has 0 saturated carbocycles. The SMILES string of the molecule is CC(C)CN1C(=O)/C(=C/c2ccc(OCC(=O)O)c(Cl)c2)SC1=S. The van der Waals surface area contributed by atoms with Crippen LogP contribution in [0.4, 0.5) is 0 Å². The highest BCUT2D eigenvalue weighted by Crippen LogP contribution is 2.34. The molecule has 1 fully saturated rings. The van der Waals surface area contributed by atoms with Crippen molar-refractivity contribution in [3.05, 3.63) is 33.7 Å². The molecule has 0 radical (unpaired) electrons. The van der Waals surface area contributed by atoms with E-state index >= 15 is 0 Å². The Balaban J connectivity index is 2.16. The minimum Gasteiger partial charge on any atom is -0.480 e. The Bertz CT molecular complexity index is 718. The molecule has 0 aromatic heterocycles. The number of carbonyl (C=O) groups is 2. The molecule has 1 heterocycles. The fourth-order valence-corrected chi connectivity index (χ4v) is 3.56. The van der Waals surface area contributed by atoms with Crippen molar-refractivity contribution in [3.8, 4) is 5.75 Å². The van der Waals surface area contributed by atoms with E-state index in [1.807, 2.05) is 13.8 Å². The number of benzene rings is 1. The number of ether oxygens (including phenoxy) is 1. The van der Waals surface area contributed by atoms with E-state index < -0.39 is 12.6 Å². The summed E-state index contributed by atoms with van der Waals surface area (Å²) in [4.78, 5) is 25.1. The summed E-state index contributed by atoms with van der Waals surface area (Å²) in [5.41, 5.74) is 0.715. The molecule has 0 unspecified atom stereocenters. The normalized spacial score (nSPS) is 16.3. The summed E-state index contributed by atoms with van der Waals surface area (Å²) in [6.45, 7) is 4.17. The van der Waals surface area contributed by atoms with E-state index in [1.165, 1.54) is 11.8 Å². The molecule has 0 spiro atoms. The lowest BCUT2D eigenvalue weighted by Crippen LogP contribution is -2.31. The molecule has 1 aromatic carbocycles. The third-order valence-corrected chi connectivity index (χ3v) is 4.70. The second-order valence-corrected chi connectivity index (χ2v) is 7.64. The van der Waals surface area contributed by atoms with Crippen molar-refractivity contribution in [2.24, 2.45) is 5.92 Å². The highest BCUT2D eigenvalue weighted by molar-refractivity contribution is 8.26. The number of rotatable bonds is 6. The summed E-state index contributed by atoms with van der Waals surface area (Å²) in [5.74, 6) is -0.583. The first-order chi connectivity index (χ1) is 11.3. The Morgan fingerprint density at radius 2 is 2.21 bits per heavy atom. The number of aliphatic carboxylic acids is 1. The maximum absolute atomic E-state index is 12.4. The van der Waals surface area contributed by atoms with E-state index in [-0.39, 0.29) is 16.7 Å². The van der Waals surface area contributed by atoms with Gasteiger partial charge in [-0.05, 0) is 29.7 Å².